The summed E-state index contributed by atoms with van der Waals surface area (Å²) in [6, 6.07) is 13.3. The molecule has 0 bridgehead atoms. The van der Waals surface area contributed by atoms with Crippen LogP contribution in [-0.2, 0) is 9.53 Å². The van der Waals surface area contributed by atoms with Gasteiger partial charge in [0.25, 0.3) is 0 Å². The molecule has 20 heavy (non-hydrogen) atoms. The van der Waals surface area contributed by atoms with Gasteiger partial charge in [-0.2, -0.15) is 0 Å². The molecule has 4 heteroatoms. The molecule has 0 radical (unpaired) electrons. The number of carbonyl (C=O) groups excluding carboxylic acids is 1. The van der Waals surface area contributed by atoms with Crippen molar-refractivity contribution in [2.45, 2.75) is 6.10 Å². The monoisotopic (exact) mass is 269 g/mol. The van der Waals surface area contributed by atoms with E-state index < -0.39 is 12.1 Å². The molecule has 0 aliphatic carbocycles. The van der Waals surface area contributed by atoms with Crippen LogP contribution in [0.4, 0.5) is 0 Å². The van der Waals surface area contributed by atoms with Crippen molar-refractivity contribution in [3.05, 3.63) is 66.5 Å². The van der Waals surface area contributed by atoms with Gasteiger partial charge < -0.3 is 9.84 Å². The zero-order valence-electron chi connectivity index (χ0n) is 11.1. The van der Waals surface area contributed by atoms with Gasteiger partial charge >= 0.3 is 5.97 Å². The molecule has 4 nitrogen and oxygen atoms in total. The normalized spacial score (nSPS) is 11.7. The van der Waals surface area contributed by atoms with E-state index in [-0.39, 0.29) is 5.57 Å². The van der Waals surface area contributed by atoms with E-state index in [4.69, 9.17) is 0 Å². The van der Waals surface area contributed by atoms with Gasteiger partial charge in [0.1, 0.15) is 6.10 Å². The smallest absolute Gasteiger partial charge is 0.336 e. The van der Waals surface area contributed by atoms with Crippen molar-refractivity contribution >= 4 is 5.97 Å². The lowest BCUT2D eigenvalue weighted by Gasteiger charge is -2.12. The van der Waals surface area contributed by atoms with Crippen LogP contribution in [0.25, 0.3) is 11.1 Å². The van der Waals surface area contributed by atoms with Crippen LogP contribution < -0.4 is 0 Å². The third-order valence-electron chi connectivity index (χ3n) is 2.95. The molecule has 0 saturated carbocycles. The SMILES string of the molecule is C=C(C(=O)OC)C(O)c1cc(-c2ccccc2)ccn1. The summed E-state index contributed by atoms with van der Waals surface area (Å²) in [5.41, 5.74) is 2.24. The molecule has 1 aromatic carbocycles. The second-order valence-corrected chi connectivity index (χ2v) is 4.25. The molecule has 2 aromatic rings. The van der Waals surface area contributed by atoms with Crippen molar-refractivity contribution in [1.29, 1.82) is 0 Å². The van der Waals surface area contributed by atoms with E-state index in [1.54, 1.807) is 12.3 Å². The predicted octanol–water partition coefficient (Wildman–Crippen LogP) is 2.51. The Kier molecular flexibility index (Phi) is 4.27. The molecule has 1 aromatic heterocycles. The third-order valence-corrected chi connectivity index (χ3v) is 2.95. The molecule has 0 amide bonds. The van der Waals surface area contributed by atoms with Gasteiger partial charge in [0, 0.05) is 6.20 Å². The Balaban J connectivity index is 2.31. The fraction of sp³-hybridized carbons (Fsp3) is 0.125. The van der Waals surface area contributed by atoms with Crippen molar-refractivity contribution in [1.82, 2.24) is 4.98 Å². The zero-order valence-corrected chi connectivity index (χ0v) is 11.1. The number of aliphatic hydroxyl groups excluding tert-OH is 1. The molecule has 2 rings (SSSR count). The Morgan fingerprint density at radius 1 is 1.25 bits per heavy atom. The largest absolute Gasteiger partial charge is 0.466 e. The Morgan fingerprint density at radius 2 is 1.95 bits per heavy atom. The van der Waals surface area contributed by atoms with Crippen LogP contribution in [-0.4, -0.2) is 23.2 Å². The maximum absolute atomic E-state index is 11.4. The fourth-order valence-corrected chi connectivity index (χ4v) is 1.83. The first-order chi connectivity index (χ1) is 9.63. The van der Waals surface area contributed by atoms with Gasteiger partial charge in [-0.05, 0) is 23.3 Å². The number of aliphatic hydroxyl groups is 1. The second kappa shape index (κ2) is 6.12. The van der Waals surface area contributed by atoms with Gasteiger partial charge in [0.15, 0.2) is 0 Å². The summed E-state index contributed by atoms with van der Waals surface area (Å²) in [6.07, 6.45) is 0.414. The summed E-state index contributed by atoms with van der Waals surface area (Å²) in [4.78, 5) is 15.5. The van der Waals surface area contributed by atoms with E-state index in [1.165, 1.54) is 7.11 Å². The Hall–Kier alpha value is -2.46. The molecule has 1 unspecified atom stereocenters. The average Bonchev–Trinajstić information content (AvgIpc) is 2.53. The highest BCUT2D eigenvalue weighted by Crippen LogP contribution is 2.24. The van der Waals surface area contributed by atoms with Crippen molar-refractivity contribution in [2.24, 2.45) is 0 Å². The summed E-state index contributed by atoms with van der Waals surface area (Å²) < 4.78 is 4.54. The topological polar surface area (TPSA) is 59.4 Å². The first kappa shape index (κ1) is 14.0. The molecule has 1 N–H and O–H groups in total. The number of esters is 1. The molecule has 0 saturated heterocycles. The number of hydrogen-bond donors (Lipinski definition) is 1. The number of pyridine rings is 1. The molecular weight excluding hydrogens is 254 g/mol. The summed E-state index contributed by atoms with van der Waals surface area (Å²) >= 11 is 0. The van der Waals surface area contributed by atoms with E-state index in [1.807, 2.05) is 36.4 Å². The maximum Gasteiger partial charge on any atom is 0.336 e. The summed E-state index contributed by atoms with van der Waals surface area (Å²) in [5, 5.41) is 10.1. The first-order valence-corrected chi connectivity index (χ1v) is 6.10. The summed E-state index contributed by atoms with van der Waals surface area (Å²) in [5.74, 6) is -0.649. The summed E-state index contributed by atoms with van der Waals surface area (Å²) in [7, 11) is 1.24. The minimum Gasteiger partial charge on any atom is -0.466 e. The third kappa shape index (κ3) is 2.92. The molecule has 0 aliphatic rings. The molecule has 1 atom stereocenters. The highest BCUT2D eigenvalue weighted by molar-refractivity contribution is 5.88. The highest BCUT2D eigenvalue weighted by Gasteiger charge is 2.20. The molecular formula is C16H15NO3. The number of ether oxygens (including phenoxy) is 1. The highest BCUT2D eigenvalue weighted by atomic mass is 16.5. The van der Waals surface area contributed by atoms with Gasteiger partial charge in [-0.1, -0.05) is 36.9 Å². The van der Waals surface area contributed by atoms with Gasteiger partial charge in [-0.15, -0.1) is 0 Å². The number of rotatable bonds is 4. The number of nitrogens with zero attached hydrogens (tertiary/aromatic N) is 1. The van der Waals surface area contributed by atoms with Gasteiger partial charge in [0.2, 0.25) is 0 Å². The van der Waals surface area contributed by atoms with E-state index in [9.17, 15) is 9.90 Å². The van der Waals surface area contributed by atoms with E-state index in [2.05, 4.69) is 16.3 Å². The fourth-order valence-electron chi connectivity index (χ4n) is 1.83. The standard InChI is InChI=1S/C16H15NO3/c1-11(16(19)20-2)15(18)14-10-13(8-9-17-14)12-6-4-3-5-7-12/h3-10,15,18H,1H2,2H3. The van der Waals surface area contributed by atoms with Gasteiger partial charge in [-0.25, -0.2) is 4.79 Å². The zero-order chi connectivity index (χ0) is 14.5. The van der Waals surface area contributed by atoms with Crippen LogP contribution in [0.1, 0.15) is 11.8 Å². The predicted molar refractivity (Wildman–Crippen MR) is 75.8 cm³/mol. The van der Waals surface area contributed by atoms with Crippen LogP contribution in [0.2, 0.25) is 0 Å². The van der Waals surface area contributed by atoms with E-state index in [0.717, 1.165) is 11.1 Å². The number of methoxy groups -OCH3 is 1. The number of carbonyl (C=O) groups is 1. The number of aromatic nitrogens is 1. The van der Waals surface area contributed by atoms with Crippen LogP contribution in [0.15, 0.2) is 60.8 Å². The molecule has 1 heterocycles. The number of hydrogen-bond acceptors (Lipinski definition) is 4. The second-order valence-electron chi connectivity index (χ2n) is 4.25. The average molecular weight is 269 g/mol. The lowest BCUT2D eigenvalue weighted by molar-refractivity contribution is -0.137. The molecule has 0 aliphatic heterocycles. The van der Waals surface area contributed by atoms with Crippen molar-refractivity contribution in [3.8, 4) is 11.1 Å². The van der Waals surface area contributed by atoms with Crippen LogP contribution in [0.5, 0.6) is 0 Å². The molecule has 0 fully saturated rings. The minimum atomic E-state index is -1.17. The summed E-state index contributed by atoms with van der Waals surface area (Å²) in [6.45, 7) is 3.54. The Labute approximate surface area is 117 Å². The lowest BCUT2D eigenvalue weighted by atomic mass is 10.0. The van der Waals surface area contributed by atoms with Crippen LogP contribution in [0, 0.1) is 0 Å². The minimum absolute atomic E-state index is 0.0368. The van der Waals surface area contributed by atoms with E-state index in [0.29, 0.717) is 5.69 Å². The van der Waals surface area contributed by atoms with Crippen LogP contribution in [0.3, 0.4) is 0 Å². The first-order valence-electron chi connectivity index (χ1n) is 6.10. The Bertz CT molecular complexity index is 623. The van der Waals surface area contributed by atoms with Crippen molar-refractivity contribution in [3.63, 3.8) is 0 Å². The molecule has 102 valence electrons. The van der Waals surface area contributed by atoms with Gasteiger partial charge in [-0.3, -0.25) is 4.98 Å². The van der Waals surface area contributed by atoms with E-state index >= 15 is 0 Å². The Morgan fingerprint density at radius 3 is 2.60 bits per heavy atom. The van der Waals surface area contributed by atoms with Crippen molar-refractivity contribution in [2.75, 3.05) is 7.11 Å². The lowest BCUT2D eigenvalue weighted by Crippen LogP contribution is -2.13. The quantitative estimate of drug-likeness (QED) is 0.684. The van der Waals surface area contributed by atoms with Crippen LogP contribution >= 0.6 is 0 Å². The van der Waals surface area contributed by atoms with Crippen molar-refractivity contribution < 1.29 is 14.6 Å². The molecule has 0 spiro atoms. The maximum atomic E-state index is 11.4. The van der Waals surface area contributed by atoms with Gasteiger partial charge in [0.05, 0.1) is 18.4 Å². The number of benzene rings is 1.